The molecule has 3 rings (SSSR count). The normalized spacial score (nSPS) is 20.8. The summed E-state index contributed by atoms with van der Waals surface area (Å²) in [6.07, 6.45) is 6.37. The summed E-state index contributed by atoms with van der Waals surface area (Å²) in [6.45, 7) is 4.09. The first kappa shape index (κ1) is 15.8. The van der Waals surface area contributed by atoms with E-state index in [1.165, 1.54) is 0 Å². The number of aryl methyl sites for hydroxylation is 2. The van der Waals surface area contributed by atoms with Crippen LogP contribution < -0.4 is 0 Å². The Hall–Kier alpha value is -2.08. The fourth-order valence-corrected chi connectivity index (χ4v) is 3.14. The van der Waals surface area contributed by atoms with Crippen molar-refractivity contribution in [2.24, 2.45) is 13.0 Å². The van der Waals surface area contributed by atoms with Gasteiger partial charge in [-0.05, 0) is 25.5 Å². The summed E-state index contributed by atoms with van der Waals surface area (Å²) in [6, 6.07) is 4.03. The van der Waals surface area contributed by atoms with Crippen molar-refractivity contribution in [2.75, 3.05) is 13.7 Å². The van der Waals surface area contributed by atoms with Gasteiger partial charge in [0.1, 0.15) is 0 Å². The number of carbonyl (C=O) groups is 1. The number of ether oxygens (including phenoxy) is 1. The Labute approximate surface area is 136 Å². The molecule has 1 fully saturated rings. The Kier molecular flexibility index (Phi) is 4.52. The van der Waals surface area contributed by atoms with Gasteiger partial charge in [0, 0.05) is 50.9 Å². The molecule has 124 valence electrons. The molecule has 2 atom stereocenters. The maximum Gasteiger partial charge on any atom is 0.228 e. The van der Waals surface area contributed by atoms with E-state index in [9.17, 15) is 4.79 Å². The molecule has 23 heavy (non-hydrogen) atoms. The Bertz CT molecular complexity index is 676. The average Bonchev–Trinajstić information content (AvgIpc) is 3.26. The molecule has 0 bridgehead atoms. The predicted molar refractivity (Wildman–Crippen MR) is 86.6 cm³/mol. The maximum absolute atomic E-state index is 12.9. The monoisotopic (exact) mass is 316 g/mol. The van der Waals surface area contributed by atoms with E-state index in [0.29, 0.717) is 13.2 Å². The molecule has 0 spiro atoms. The molecule has 1 saturated heterocycles. The third-order valence-electron chi connectivity index (χ3n) is 4.54. The molecule has 0 aromatic carbocycles. The van der Waals surface area contributed by atoms with E-state index in [1.54, 1.807) is 4.90 Å². The molecule has 0 N–H and O–H groups in total. The first-order chi connectivity index (χ1) is 11.1. The molecule has 2 aromatic heterocycles. The van der Waals surface area contributed by atoms with Crippen molar-refractivity contribution in [2.45, 2.75) is 32.5 Å². The maximum atomic E-state index is 12.9. The van der Waals surface area contributed by atoms with Crippen LogP contribution in [0.2, 0.25) is 0 Å². The van der Waals surface area contributed by atoms with E-state index in [2.05, 4.69) is 5.10 Å². The number of hydrogen-bond acceptors (Lipinski definition) is 3. The minimum Gasteiger partial charge on any atom is -0.373 e. The number of rotatable bonds is 5. The van der Waals surface area contributed by atoms with Gasteiger partial charge < -0.3 is 14.2 Å². The van der Waals surface area contributed by atoms with Crippen LogP contribution in [-0.4, -0.2) is 38.8 Å². The highest BCUT2D eigenvalue weighted by Crippen LogP contribution is 2.35. The number of amides is 1. The molecular weight excluding hydrogens is 292 g/mol. The van der Waals surface area contributed by atoms with Crippen LogP contribution in [-0.2, 0) is 29.7 Å². The number of carbonyl (C=O) groups excluding carboxylic acids is 1. The summed E-state index contributed by atoms with van der Waals surface area (Å²) in [5, 5.41) is 4.30. The minimum absolute atomic E-state index is 0.130. The molecule has 1 aliphatic heterocycles. The highest BCUT2D eigenvalue weighted by atomic mass is 16.5. The fraction of sp³-hybridized carbons (Fsp3) is 0.529. The molecule has 1 aliphatic rings. The Balaban J connectivity index is 1.71. The van der Waals surface area contributed by atoms with E-state index in [-0.39, 0.29) is 17.9 Å². The largest absolute Gasteiger partial charge is 0.373 e. The zero-order valence-electron chi connectivity index (χ0n) is 14.0. The Morgan fingerprint density at radius 2 is 2.35 bits per heavy atom. The molecule has 1 amide bonds. The summed E-state index contributed by atoms with van der Waals surface area (Å²) in [7, 11) is 3.86. The minimum atomic E-state index is -0.182. The third-order valence-corrected chi connectivity index (χ3v) is 4.54. The van der Waals surface area contributed by atoms with Crippen molar-refractivity contribution in [1.82, 2.24) is 19.2 Å². The molecule has 0 aliphatic carbocycles. The highest BCUT2D eigenvalue weighted by Gasteiger charge is 2.37. The van der Waals surface area contributed by atoms with E-state index in [1.807, 2.05) is 61.0 Å². The second kappa shape index (κ2) is 6.58. The lowest BCUT2D eigenvalue weighted by Gasteiger charge is -2.24. The van der Waals surface area contributed by atoms with Gasteiger partial charge in [0.2, 0.25) is 5.91 Å². The lowest BCUT2D eigenvalue weighted by molar-refractivity contribution is -0.136. The summed E-state index contributed by atoms with van der Waals surface area (Å²) in [5.41, 5.74) is 2.12. The summed E-state index contributed by atoms with van der Waals surface area (Å²) in [4.78, 5) is 14.6. The number of nitrogens with zero attached hydrogens (tertiary/aromatic N) is 4. The van der Waals surface area contributed by atoms with E-state index < -0.39 is 0 Å². The van der Waals surface area contributed by atoms with Gasteiger partial charge in [0.25, 0.3) is 0 Å². The van der Waals surface area contributed by atoms with Crippen molar-refractivity contribution in [1.29, 1.82) is 0 Å². The SMILES string of the molecule is CCn1cc([C@H]2OCC[C@@H]2C(=O)N(C)Cc2cccn2C)cn1. The summed E-state index contributed by atoms with van der Waals surface area (Å²) < 4.78 is 9.74. The first-order valence-corrected chi connectivity index (χ1v) is 8.09. The van der Waals surface area contributed by atoms with Crippen molar-refractivity contribution < 1.29 is 9.53 Å². The van der Waals surface area contributed by atoms with Crippen LogP contribution in [0.25, 0.3) is 0 Å². The van der Waals surface area contributed by atoms with Crippen LogP contribution in [0.3, 0.4) is 0 Å². The number of aromatic nitrogens is 3. The zero-order valence-corrected chi connectivity index (χ0v) is 14.0. The second-order valence-corrected chi connectivity index (χ2v) is 6.12. The third kappa shape index (κ3) is 3.17. The van der Waals surface area contributed by atoms with Crippen molar-refractivity contribution in [3.8, 4) is 0 Å². The zero-order chi connectivity index (χ0) is 16.4. The molecular formula is C17H24N4O2. The topological polar surface area (TPSA) is 52.3 Å². The quantitative estimate of drug-likeness (QED) is 0.847. The molecule has 3 heterocycles. The van der Waals surface area contributed by atoms with Gasteiger partial charge in [-0.15, -0.1) is 0 Å². The molecule has 6 heteroatoms. The van der Waals surface area contributed by atoms with Crippen LogP contribution >= 0.6 is 0 Å². The predicted octanol–water partition coefficient (Wildman–Crippen LogP) is 1.98. The van der Waals surface area contributed by atoms with Crippen LogP contribution in [0, 0.1) is 5.92 Å². The average molecular weight is 316 g/mol. The van der Waals surface area contributed by atoms with Crippen LogP contribution in [0.4, 0.5) is 0 Å². The van der Waals surface area contributed by atoms with Crippen LogP contribution in [0.1, 0.15) is 30.7 Å². The molecule has 2 aromatic rings. The van der Waals surface area contributed by atoms with Crippen molar-refractivity contribution in [3.63, 3.8) is 0 Å². The lowest BCUT2D eigenvalue weighted by Crippen LogP contribution is -2.34. The van der Waals surface area contributed by atoms with Gasteiger partial charge in [-0.25, -0.2) is 0 Å². The summed E-state index contributed by atoms with van der Waals surface area (Å²) in [5.74, 6) is 0.00715. The van der Waals surface area contributed by atoms with E-state index in [4.69, 9.17) is 4.74 Å². The van der Waals surface area contributed by atoms with Crippen molar-refractivity contribution >= 4 is 5.91 Å². The first-order valence-electron chi connectivity index (χ1n) is 8.09. The Morgan fingerprint density at radius 1 is 1.52 bits per heavy atom. The lowest BCUT2D eigenvalue weighted by atomic mass is 9.96. The van der Waals surface area contributed by atoms with Gasteiger partial charge >= 0.3 is 0 Å². The van der Waals surface area contributed by atoms with E-state index in [0.717, 1.165) is 24.2 Å². The molecule has 6 nitrogen and oxygen atoms in total. The molecule has 0 saturated carbocycles. The van der Waals surface area contributed by atoms with Crippen molar-refractivity contribution in [3.05, 3.63) is 42.0 Å². The van der Waals surface area contributed by atoms with Crippen LogP contribution in [0.5, 0.6) is 0 Å². The molecule has 0 radical (unpaired) electrons. The molecule has 0 unspecified atom stereocenters. The standard InChI is InChI=1S/C17H24N4O2/c1-4-21-11-13(10-18-21)16-15(7-9-23-16)17(22)20(3)12-14-6-5-8-19(14)2/h5-6,8,10-11,15-16H,4,7,9,12H2,1-3H3/t15-,16+/m0/s1. The van der Waals surface area contributed by atoms with Gasteiger partial charge in [0.05, 0.1) is 24.8 Å². The number of hydrogen-bond donors (Lipinski definition) is 0. The van der Waals surface area contributed by atoms with Gasteiger partial charge in [-0.3, -0.25) is 9.48 Å². The van der Waals surface area contributed by atoms with Gasteiger partial charge in [-0.1, -0.05) is 0 Å². The van der Waals surface area contributed by atoms with Gasteiger partial charge in [0.15, 0.2) is 0 Å². The van der Waals surface area contributed by atoms with Crippen LogP contribution in [0.15, 0.2) is 30.7 Å². The second-order valence-electron chi connectivity index (χ2n) is 6.12. The highest BCUT2D eigenvalue weighted by molar-refractivity contribution is 5.79. The fourth-order valence-electron chi connectivity index (χ4n) is 3.14. The smallest absolute Gasteiger partial charge is 0.228 e. The van der Waals surface area contributed by atoms with E-state index >= 15 is 0 Å². The van der Waals surface area contributed by atoms with Gasteiger partial charge in [-0.2, -0.15) is 5.10 Å². The summed E-state index contributed by atoms with van der Waals surface area (Å²) >= 11 is 0. The Morgan fingerprint density at radius 3 is 3.00 bits per heavy atom.